The molecule has 0 aliphatic carbocycles. The molecule has 0 aromatic rings. The first-order chi connectivity index (χ1) is 6.38. The first kappa shape index (κ1) is 11.7. The molecule has 2 atom stereocenters. The average Bonchev–Trinajstić information content (AvgIpc) is 2.32. The Hall–Kier alpha value is -0.420. The fraction of sp³-hybridized carbons (Fsp3) is 0.889. The minimum absolute atomic E-state index is 0.0486. The Balaban J connectivity index is 2.33. The van der Waals surface area contributed by atoms with Crippen molar-refractivity contribution < 1.29 is 9.53 Å². The van der Waals surface area contributed by atoms with Crippen LogP contribution in [0.3, 0.4) is 0 Å². The molecule has 4 nitrogen and oxygen atoms in total. The SMILES string of the molecule is CC(C)(C)OC(=O)N[C@@H]1CSC[C@@H]1N. The lowest BCUT2D eigenvalue weighted by molar-refractivity contribution is 0.0506. The minimum Gasteiger partial charge on any atom is -0.444 e. The van der Waals surface area contributed by atoms with E-state index >= 15 is 0 Å². The van der Waals surface area contributed by atoms with Gasteiger partial charge in [0.1, 0.15) is 5.60 Å². The van der Waals surface area contributed by atoms with E-state index in [1.165, 1.54) is 0 Å². The predicted molar refractivity (Wildman–Crippen MR) is 58.5 cm³/mol. The number of thioether (sulfide) groups is 1. The Morgan fingerprint density at radius 1 is 1.50 bits per heavy atom. The number of carbonyl (C=O) groups excluding carboxylic acids is 1. The number of alkyl carbamates (subject to hydrolysis) is 1. The van der Waals surface area contributed by atoms with Gasteiger partial charge in [-0.1, -0.05) is 0 Å². The smallest absolute Gasteiger partial charge is 0.407 e. The molecule has 0 bridgehead atoms. The molecule has 1 aliphatic rings. The second kappa shape index (κ2) is 4.40. The molecule has 82 valence electrons. The quantitative estimate of drug-likeness (QED) is 0.688. The van der Waals surface area contributed by atoms with Gasteiger partial charge < -0.3 is 15.8 Å². The molecule has 0 unspecified atom stereocenters. The largest absolute Gasteiger partial charge is 0.444 e. The minimum atomic E-state index is -0.445. The topological polar surface area (TPSA) is 64.3 Å². The number of amides is 1. The van der Waals surface area contributed by atoms with E-state index in [9.17, 15) is 4.79 Å². The lowest BCUT2D eigenvalue weighted by Crippen LogP contribution is -2.48. The number of ether oxygens (including phenoxy) is 1. The van der Waals surface area contributed by atoms with Crippen LogP contribution in [0, 0.1) is 0 Å². The molecular formula is C9H18N2O2S. The van der Waals surface area contributed by atoms with Crippen molar-refractivity contribution in [1.29, 1.82) is 0 Å². The number of rotatable bonds is 1. The summed E-state index contributed by atoms with van der Waals surface area (Å²) in [5.41, 5.74) is 5.36. The zero-order valence-corrected chi connectivity index (χ0v) is 9.69. The van der Waals surface area contributed by atoms with E-state index in [0.29, 0.717) is 0 Å². The summed E-state index contributed by atoms with van der Waals surface area (Å²) in [5.74, 6) is 1.78. The van der Waals surface area contributed by atoms with Crippen LogP contribution in [-0.4, -0.2) is 35.3 Å². The van der Waals surface area contributed by atoms with Gasteiger partial charge in [-0.05, 0) is 20.8 Å². The van der Waals surface area contributed by atoms with Gasteiger partial charge in [0.2, 0.25) is 0 Å². The predicted octanol–water partition coefficient (Wildman–Crippen LogP) is 0.954. The van der Waals surface area contributed by atoms with Gasteiger partial charge in [-0.3, -0.25) is 0 Å². The van der Waals surface area contributed by atoms with Crippen LogP contribution in [0.2, 0.25) is 0 Å². The Labute approximate surface area is 88.9 Å². The van der Waals surface area contributed by atoms with Crippen molar-refractivity contribution in [2.24, 2.45) is 5.73 Å². The fourth-order valence-corrected chi connectivity index (χ4v) is 2.40. The van der Waals surface area contributed by atoms with Crippen LogP contribution in [0.5, 0.6) is 0 Å². The number of nitrogens with two attached hydrogens (primary N) is 1. The van der Waals surface area contributed by atoms with E-state index in [1.807, 2.05) is 20.8 Å². The van der Waals surface area contributed by atoms with Crippen LogP contribution in [-0.2, 0) is 4.74 Å². The first-order valence-electron chi connectivity index (χ1n) is 4.71. The molecule has 1 rings (SSSR count). The molecule has 1 amide bonds. The van der Waals surface area contributed by atoms with Crippen LogP contribution in [0.4, 0.5) is 4.79 Å². The van der Waals surface area contributed by atoms with Crippen molar-refractivity contribution in [3.05, 3.63) is 0 Å². The van der Waals surface area contributed by atoms with Gasteiger partial charge in [0, 0.05) is 17.5 Å². The molecule has 14 heavy (non-hydrogen) atoms. The van der Waals surface area contributed by atoms with Gasteiger partial charge in [-0.15, -0.1) is 0 Å². The Bertz CT molecular complexity index is 215. The summed E-state index contributed by atoms with van der Waals surface area (Å²) in [5, 5.41) is 2.78. The molecule has 1 heterocycles. The van der Waals surface area contributed by atoms with E-state index in [0.717, 1.165) is 11.5 Å². The van der Waals surface area contributed by atoms with Gasteiger partial charge in [0.15, 0.2) is 0 Å². The highest BCUT2D eigenvalue weighted by Crippen LogP contribution is 2.17. The van der Waals surface area contributed by atoms with Crippen molar-refractivity contribution in [1.82, 2.24) is 5.32 Å². The van der Waals surface area contributed by atoms with Crippen LogP contribution in [0.15, 0.2) is 0 Å². The third-order valence-corrected chi connectivity index (χ3v) is 3.04. The van der Waals surface area contributed by atoms with E-state index < -0.39 is 5.60 Å². The summed E-state index contributed by atoms with van der Waals surface area (Å²) in [6.45, 7) is 5.53. The van der Waals surface area contributed by atoms with E-state index in [-0.39, 0.29) is 18.2 Å². The third kappa shape index (κ3) is 3.75. The molecule has 1 fully saturated rings. The van der Waals surface area contributed by atoms with E-state index in [2.05, 4.69) is 5.32 Å². The normalized spacial score (nSPS) is 27.4. The summed E-state index contributed by atoms with van der Waals surface area (Å²) in [6, 6.07) is 0.0994. The molecule has 0 saturated carbocycles. The molecule has 1 saturated heterocycles. The van der Waals surface area contributed by atoms with Gasteiger partial charge in [-0.25, -0.2) is 4.79 Å². The highest BCUT2D eigenvalue weighted by Gasteiger charge is 2.27. The lowest BCUT2D eigenvalue weighted by Gasteiger charge is -2.22. The Kier molecular flexibility index (Phi) is 3.66. The van der Waals surface area contributed by atoms with Crippen molar-refractivity contribution in [3.63, 3.8) is 0 Å². The zero-order chi connectivity index (χ0) is 10.8. The van der Waals surface area contributed by atoms with Crippen molar-refractivity contribution >= 4 is 17.9 Å². The fourth-order valence-electron chi connectivity index (χ4n) is 1.18. The lowest BCUT2D eigenvalue weighted by atomic mass is 10.2. The maximum atomic E-state index is 11.4. The molecule has 3 N–H and O–H groups in total. The maximum absolute atomic E-state index is 11.4. The van der Waals surface area contributed by atoms with Crippen LogP contribution < -0.4 is 11.1 Å². The standard InChI is InChI=1S/C9H18N2O2S/c1-9(2,3)13-8(12)11-7-5-14-4-6(7)10/h6-7H,4-5,10H2,1-3H3,(H,11,12)/t6-,7+/m0/s1. The second-order valence-electron chi connectivity index (χ2n) is 4.45. The Morgan fingerprint density at radius 2 is 2.14 bits per heavy atom. The molecule has 0 aromatic carbocycles. The van der Waals surface area contributed by atoms with Gasteiger partial charge in [0.25, 0.3) is 0 Å². The number of hydrogen-bond donors (Lipinski definition) is 2. The third-order valence-electron chi connectivity index (χ3n) is 1.83. The van der Waals surface area contributed by atoms with Crippen molar-refractivity contribution in [2.75, 3.05) is 11.5 Å². The van der Waals surface area contributed by atoms with Crippen LogP contribution in [0.25, 0.3) is 0 Å². The first-order valence-corrected chi connectivity index (χ1v) is 5.87. The second-order valence-corrected chi connectivity index (χ2v) is 5.53. The van der Waals surface area contributed by atoms with Crippen molar-refractivity contribution in [3.8, 4) is 0 Å². The van der Waals surface area contributed by atoms with Crippen molar-refractivity contribution in [2.45, 2.75) is 38.5 Å². The van der Waals surface area contributed by atoms with Gasteiger partial charge >= 0.3 is 6.09 Å². The monoisotopic (exact) mass is 218 g/mol. The van der Waals surface area contributed by atoms with Crippen LogP contribution >= 0.6 is 11.8 Å². The summed E-state index contributed by atoms with van der Waals surface area (Å²) in [6.07, 6.45) is -0.375. The maximum Gasteiger partial charge on any atom is 0.407 e. The molecule has 1 aliphatic heterocycles. The number of hydrogen-bond acceptors (Lipinski definition) is 4. The molecular weight excluding hydrogens is 200 g/mol. The molecule has 0 radical (unpaired) electrons. The highest BCUT2D eigenvalue weighted by molar-refractivity contribution is 7.99. The summed E-state index contributed by atoms with van der Waals surface area (Å²) < 4.78 is 5.13. The van der Waals surface area contributed by atoms with E-state index in [4.69, 9.17) is 10.5 Å². The Morgan fingerprint density at radius 3 is 2.57 bits per heavy atom. The van der Waals surface area contributed by atoms with E-state index in [1.54, 1.807) is 11.8 Å². The number of nitrogens with one attached hydrogen (secondary N) is 1. The summed E-state index contributed by atoms with van der Waals surface area (Å²) in [4.78, 5) is 11.4. The highest BCUT2D eigenvalue weighted by atomic mass is 32.2. The van der Waals surface area contributed by atoms with Gasteiger partial charge in [0.05, 0.1) is 6.04 Å². The number of carbonyl (C=O) groups is 1. The molecule has 0 aromatic heterocycles. The average molecular weight is 218 g/mol. The summed E-state index contributed by atoms with van der Waals surface area (Å²) >= 11 is 1.75. The van der Waals surface area contributed by atoms with Gasteiger partial charge in [-0.2, -0.15) is 11.8 Å². The zero-order valence-electron chi connectivity index (χ0n) is 8.87. The molecule has 0 spiro atoms. The summed E-state index contributed by atoms with van der Waals surface area (Å²) in [7, 11) is 0. The van der Waals surface area contributed by atoms with Crippen LogP contribution in [0.1, 0.15) is 20.8 Å². The molecule has 5 heteroatoms.